The van der Waals surface area contributed by atoms with Crippen molar-refractivity contribution in [1.82, 2.24) is 9.78 Å². The van der Waals surface area contributed by atoms with Crippen molar-refractivity contribution in [1.29, 1.82) is 0 Å². The molecule has 5 heteroatoms. The van der Waals surface area contributed by atoms with Gasteiger partial charge in [0.05, 0.1) is 12.1 Å². The number of aromatic nitrogens is 2. The van der Waals surface area contributed by atoms with Gasteiger partial charge in [0, 0.05) is 10.4 Å². The van der Waals surface area contributed by atoms with E-state index in [1.807, 2.05) is 44.2 Å². The molecule has 0 saturated heterocycles. The summed E-state index contributed by atoms with van der Waals surface area (Å²) < 4.78 is 1.70. The molecule has 3 rings (SSSR count). The molecule has 0 aliphatic heterocycles. The first kappa shape index (κ1) is 14.6. The normalized spacial score (nSPS) is 11.0. The van der Waals surface area contributed by atoms with Crippen LogP contribution in [0.2, 0.25) is 5.02 Å². The van der Waals surface area contributed by atoms with Crippen molar-refractivity contribution in [2.75, 3.05) is 0 Å². The zero-order valence-corrected chi connectivity index (χ0v) is 13.1. The van der Waals surface area contributed by atoms with Crippen LogP contribution in [0.3, 0.4) is 0 Å². The quantitative estimate of drug-likeness (QED) is 0.793. The van der Waals surface area contributed by atoms with E-state index in [2.05, 4.69) is 5.10 Å². The number of carboxylic acid groups (broad SMARTS) is 1. The third-order valence-electron chi connectivity index (χ3n) is 3.64. The lowest BCUT2D eigenvalue weighted by molar-refractivity contribution is 0.0691. The van der Waals surface area contributed by atoms with Gasteiger partial charge < -0.3 is 5.11 Å². The molecule has 0 aliphatic rings. The van der Waals surface area contributed by atoms with Crippen LogP contribution >= 0.6 is 11.6 Å². The fourth-order valence-electron chi connectivity index (χ4n) is 2.50. The second-order valence-electron chi connectivity index (χ2n) is 5.43. The van der Waals surface area contributed by atoms with Crippen LogP contribution in [-0.2, 0) is 6.54 Å². The maximum Gasteiger partial charge on any atom is 0.357 e. The average Bonchev–Trinajstić information content (AvgIpc) is 2.80. The minimum absolute atomic E-state index is 0.0678. The summed E-state index contributed by atoms with van der Waals surface area (Å²) in [4.78, 5) is 11.4. The number of carbonyl (C=O) groups is 1. The molecule has 1 N–H and O–H groups in total. The van der Waals surface area contributed by atoms with E-state index in [0.29, 0.717) is 17.0 Å². The highest BCUT2D eigenvalue weighted by atomic mass is 35.5. The zero-order chi connectivity index (χ0) is 15.9. The Morgan fingerprint density at radius 1 is 1.18 bits per heavy atom. The van der Waals surface area contributed by atoms with Gasteiger partial charge in [0.1, 0.15) is 0 Å². The number of nitrogens with zero attached hydrogens (tertiary/aromatic N) is 2. The van der Waals surface area contributed by atoms with Gasteiger partial charge in [-0.3, -0.25) is 4.68 Å². The van der Waals surface area contributed by atoms with Gasteiger partial charge in [-0.05, 0) is 42.7 Å². The van der Waals surface area contributed by atoms with Crippen LogP contribution in [0.25, 0.3) is 10.9 Å². The lowest BCUT2D eigenvalue weighted by atomic mass is 10.1. The van der Waals surface area contributed by atoms with E-state index >= 15 is 0 Å². The van der Waals surface area contributed by atoms with Crippen LogP contribution in [0.5, 0.6) is 0 Å². The number of hydrogen-bond acceptors (Lipinski definition) is 2. The fraction of sp³-hybridized carbons (Fsp3) is 0.176. The molecular formula is C17H15ClN2O2. The van der Waals surface area contributed by atoms with E-state index in [4.69, 9.17) is 11.6 Å². The second kappa shape index (κ2) is 5.46. The number of halogens is 1. The largest absolute Gasteiger partial charge is 0.476 e. The monoisotopic (exact) mass is 314 g/mol. The molecule has 112 valence electrons. The summed E-state index contributed by atoms with van der Waals surface area (Å²) in [6, 6.07) is 11.5. The van der Waals surface area contributed by atoms with E-state index in [-0.39, 0.29) is 5.69 Å². The summed E-state index contributed by atoms with van der Waals surface area (Å²) in [6.07, 6.45) is 0. The fourth-order valence-corrected chi connectivity index (χ4v) is 2.80. The summed E-state index contributed by atoms with van der Waals surface area (Å²) >= 11 is 6.27. The molecule has 0 spiro atoms. The number of benzene rings is 2. The van der Waals surface area contributed by atoms with Crippen LogP contribution in [0, 0.1) is 13.8 Å². The topological polar surface area (TPSA) is 55.1 Å². The van der Waals surface area contributed by atoms with Crippen molar-refractivity contribution in [3.05, 3.63) is 63.8 Å². The minimum atomic E-state index is -1.03. The number of aryl methyl sites for hydroxylation is 2. The first-order chi connectivity index (χ1) is 10.5. The maximum atomic E-state index is 11.4. The van der Waals surface area contributed by atoms with E-state index in [1.54, 1.807) is 10.7 Å². The van der Waals surface area contributed by atoms with Gasteiger partial charge in [0.2, 0.25) is 0 Å². The molecule has 0 bridgehead atoms. The zero-order valence-electron chi connectivity index (χ0n) is 12.3. The van der Waals surface area contributed by atoms with E-state index in [0.717, 1.165) is 22.2 Å². The molecule has 1 aromatic heterocycles. The van der Waals surface area contributed by atoms with Crippen molar-refractivity contribution < 1.29 is 9.90 Å². The molecule has 1 heterocycles. The van der Waals surface area contributed by atoms with Gasteiger partial charge in [0.15, 0.2) is 5.69 Å². The average molecular weight is 315 g/mol. The molecule has 0 saturated carbocycles. The smallest absolute Gasteiger partial charge is 0.357 e. The highest BCUT2D eigenvalue weighted by Gasteiger charge is 2.17. The molecular weight excluding hydrogens is 300 g/mol. The molecule has 0 unspecified atom stereocenters. The van der Waals surface area contributed by atoms with Gasteiger partial charge in [-0.15, -0.1) is 0 Å². The van der Waals surface area contributed by atoms with E-state index in [9.17, 15) is 9.90 Å². The van der Waals surface area contributed by atoms with Crippen LogP contribution in [-0.4, -0.2) is 20.9 Å². The van der Waals surface area contributed by atoms with Crippen molar-refractivity contribution in [3.8, 4) is 0 Å². The predicted molar refractivity (Wildman–Crippen MR) is 86.7 cm³/mol. The third-order valence-corrected chi connectivity index (χ3v) is 3.99. The van der Waals surface area contributed by atoms with Gasteiger partial charge in [-0.25, -0.2) is 4.79 Å². The maximum absolute atomic E-state index is 11.4. The van der Waals surface area contributed by atoms with E-state index in [1.165, 1.54) is 0 Å². The van der Waals surface area contributed by atoms with E-state index < -0.39 is 5.97 Å². The highest BCUT2D eigenvalue weighted by Crippen LogP contribution is 2.24. The summed E-state index contributed by atoms with van der Waals surface area (Å²) in [7, 11) is 0. The van der Waals surface area contributed by atoms with Crippen LogP contribution in [0.4, 0.5) is 0 Å². The third kappa shape index (κ3) is 2.57. The van der Waals surface area contributed by atoms with Crippen LogP contribution in [0.15, 0.2) is 36.4 Å². The summed E-state index contributed by atoms with van der Waals surface area (Å²) in [5, 5.41) is 14.9. The van der Waals surface area contributed by atoms with Gasteiger partial charge >= 0.3 is 5.97 Å². The Morgan fingerprint density at radius 3 is 2.55 bits per heavy atom. The Labute approximate surface area is 132 Å². The molecule has 0 radical (unpaired) electrons. The Kier molecular flexibility index (Phi) is 3.62. The molecule has 22 heavy (non-hydrogen) atoms. The number of carboxylic acids is 1. The molecule has 0 amide bonds. The Hall–Kier alpha value is -2.33. The van der Waals surface area contributed by atoms with Crippen LogP contribution in [0.1, 0.15) is 27.2 Å². The lowest BCUT2D eigenvalue weighted by Crippen LogP contribution is -2.05. The first-order valence-corrected chi connectivity index (χ1v) is 7.29. The summed E-state index contributed by atoms with van der Waals surface area (Å²) in [6.45, 7) is 4.38. The number of hydrogen-bond donors (Lipinski definition) is 1. The standard InChI is InChI=1S/C17H15ClN2O2/c1-10-3-5-12(14(18)7-10)9-20-15-8-11(2)4-6-13(15)16(19-20)17(21)22/h3-8H,9H2,1-2H3,(H,21,22). The van der Waals surface area contributed by atoms with Gasteiger partial charge in [-0.1, -0.05) is 35.9 Å². The van der Waals surface area contributed by atoms with Crippen molar-refractivity contribution in [3.63, 3.8) is 0 Å². The number of fused-ring (bicyclic) bond motifs is 1. The van der Waals surface area contributed by atoms with Crippen molar-refractivity contribution in [2.24, 2.45) is 0 Å². The van der Waals surface area contributed by atoms with Crippen LogP contribution < -0.4 is 0 Å². The molecule has 0 aliphatic carbocycles. The van der Waals surface area contributed by atoms with Crippen molar-refractivity contribution >= 4 is 28.5 Å². The Bertz CT molecular complexity index is 884. The second-order valence-corrected chi connectivity index (χ2v) is 5.83. The Balaban J connectivity index is 2.14. The number of aromatic carboxylic acids is 1. The molecule has 2 aromatic carbocycles. The summed E-state index contributed by atoms with van der Waals surface area (Å²) in [5.74, 6) is -1.03. The SMILES string of the molecule is Cc1ccc(Cn2nc(C(=O)O)c3ccc(C)cc32)c(Cl)c1. The summed E-state index contributed by atoms with van der Waals surface area (Å²) in [5.41, 5.74) is 3.92. The Morgan fingerprint density at radius 2 is 1.86 bits per heavy atom. The molecule has 3 aromatic rings. The van der Waals surface area contributed by atoms with Gasteiger partial charge in [0.25, 0.3) is 0 Å². The first-order valence-electron chi connectivity index (χ1n) is 6.91. The molecule has 0 atom stereocenters. The minimum Gasteiger partial charge on any atom is -0.476 e. The van der Waals surface area contributed by atoms with Crippen molar-refractivity contribution in [2.45, 2.75) is 20.4 Å². The molecule has 0 fully saturated rings. The van der Waals surface area contributed by atoms with Gasteiger partial charge in [-0.2, -0.15) is 5.10 Å². The lowest BCUT2D eigenvalue weighted by Gasteiger charge is -2.07. The molecule has 4 nitrogen and oxygen atoms in total. The highest BCUT2D eigenvalue weighted by molar-refractivity contribution is 6.31. The predicted octanol–water partition coefficient (Wildman–Crippen LogP) is 4.05. The number of rotatable bonds is 3.